The van der Waals surface area contributed by atoms with Gasteiger partial charge in [-0.25, -0.2) is 0 Å². The second-order valence-corrected chi connectivity index (χ2v) is 2.24. The van der Waals surface area contributed by atoms with Gasteiger partial charge in [0.2, 0.25) is 0 Å². The van der Waals surface area contributed by atoms with Gasteiger partial charge >= 0.3 is 0 Å². The van der Waals surface area contributed by atoms with Crippen LogP contribution >= 0.6 is 0 Å². The minimum Gasteiger partial charge on any atom is -0.401 e. The van der Waals surface area contributed by atoms with Gasteiger partial charge in [-0.1, -0.05) is 6.92 Å². The van der Waals surface area contributed by atoms with Crippen molar-refractivity contribution in [1.29, 1.82) is 5.41 Å². The van der Waals surface area contributed by atoms with E-state index >= 15 is 0 Å². The molecule has 0 aromatic heterocycles. The molecule has 0 aliphatic carbocycles. The van der Waals surface area contributed by atoms with Crippen LogP contribution in [0.4, 0.5) is 0 Å². The SMILES string of the molecule is CCN(C)C/C(N)=C/C=N. The molecule has 0 spiro atoms. The van der Waals surface area contributed by atoms with Crippen LogP contribution in [0.5, 0.6) is 0 Å². The summed E-state index contributed by atoms with van der Waals surface area (Å²) in [5, 5.41) is 6.73. The lowest BCUT2D eigenvalue weighted by molar-refractivity contribution is 0.382. The number of nitrogens with zero attached hydrogens (tertiary/aromatic N) is 1. The van der Waals surface area contributed by atoms with E-state index in [9.17, 15) is 0 Å². The molecule has 0 saturated carbocycles. The fourth-order valence-corrected chi connectivity index (χ4v) is 0.583. The Morgan fingerprint density at radius 2 is 2.30 bits per heavy atom. The first-order chi connectivity index (χ1) is 4.70. The van der Waals surface area contributed by atoms with Crippen LogP contribution in [0.15, 0.2) is 11.8 Å². The van der Waals surface area contributed by atoms with Gasteiger partial charge in [0, 0.05) is 18.5 Å². The van der Waals surface area contributed by atoms with Crippen molar-refractivity contribution in [3.8, 4) is 0 Å². The van der Waals surface area contributed by atoms with Crippen LogP contribution in [-0.2, 0) is 0 Å². The van der Waals surface area contributed by atoms with Gasteiger partial charge in [0.1, 0.15) is 0 Å². The van der Waals surface area contributed by atoms with Gasteiger partial charge in [-0.05, 0) is 19.7 Å². The van der Waals surface area contributed by atoms with E-state index in [2.05, 4.69) is 11.8 Å². The summed E-state index contributed by atoms with van der Waals surface area (Å²) in [6.07, 6.45) is 2.81. The van der Waals surface area contributed by atoms with Crippen molar-refractivity contribution in [2.24, 2.45) is 5.73 Å². The Morgan fingerprint density at radius 3 is 2.70 bits per heavy atom. The molecule has 0 aromatic carbocycles. The molecule has 0 bridgehead atoms. The van der Waals surface area contributed by atoms with E-state index in [4.69, 9.17) is 11.1 Å². The highest BCUT2D eigenvalue weighted by atomic mass is 15.1. The molecule has 10 heavy (non-hydrogen) atoms. The maximum Gasteiger partial charge on any atom is 0.0377 e. The molecule has 3 heteroatoms. The lowest BCUT2D eigenvalue weighted by atomic mass is 10.4. The number of likely N-dealkylation sites (N-methyl/N-ethyl adjacent to an activating group) is 1. The Kier molecular flexibility index (Phi) is 4.58. The highest BCUT2D eigenvalue weighted by Gasteiger charge is 1.93. The predicted molar refractivity (Wildman–Crippen MR) is 44.2 cm³/mol. The Hall–Kier alpha value is -0.830. The van der Waals surface area contributed by atoms with Crippen molar-refractivity contribution in [3.63, 3.8) is 0 Å². The van der Waals surface area contributed by atoms with Crippen molar-refractivity contribution in [2.75, 3.05) is 20.1 Å². The third kappa shape index (κ3) is 4.09. The minimum atomic E-state index is 0.736. The lowest BCUT2D eigenvalue weighted by Gasteiger charge is -2.12. The van der Waals surface area contributed by atoms with E-state index < -0.39 is 0 Å². The zero-order valence-corrected chi connectivity index (χ0v) is 6.59. The molecule has 0 fully saturated rings. The molecule has 0 heterocycles. The summed E-state index contributed by atoms with van der Waals surface area (Å²) >= 11 is 0. The van der Waals surface area contributed by atoms with Crippen LogP contribution in [0, 0.1) is 5.41 Å². The summed E-state index contributed by atoms with van der Waals surface area (Å²) in [6, 6.07) is 0. The zero-order chi connectivity index (χ0) is 7.98. The van der Waals surface area contributed by atoms with Crippen LogP contribution < -0.4 is 5.73 Å². The Labute approximate surface area is 62.0 Å². The fraction of sp³-hybridized carbons (Fsp3) is 0.571. The third-order valence-corrected chi connectivity index (χ3v) is 1.29. The third-order valence-electron chi connectivity index (χ3n) is 1.29. The van der Waals surface area contributed by atoms with Crippen molar-refractivity contribution in [3.05, 3.63) is 11.8 Å². The maximum atomic E-state index is 6.73. The molecule has 0 amide bonds. The second kappa shape index (κ2) is 4.99. The monoisotopic (exact) mass is 141 g/mol. The van der Waals surface area contributed by atoms with Crippen LogP contribution in [0.3, 0.4) is 0 Å². The smallest absolute Gasteiger partial charge is 0.0377 e. The summed E-state index contributed by atoms with van der Waals surface area (Å²) in [5.74, 6) is 0. The van der Waals surface area contributed by atoms with E-state index in [0.717, 1.165) is 18.8 Å². The molecule has 58 valence electrons. The molecule has 0 saturated heterocycles. The highest BCUT2D eigenvalue weighted by Crippen LogP contribution is 1.86. The lowest BCUT2D eigenvalue weighted by Crippen LogP contribution is -2.23. The molecular weight excluding hydrogens is 126 g/mol. The number of hydrogen-bond acceptors (Lipinski definition) is 3. The first-order valence-electron chi connectivity index (χ1n) is 3.34. The maximum absolute atomic E-state index is 6.73. The summed E-state index contributed by atoms with van der Waals surface area (Å²) in [4.78, 5) is 2.08. The van der Waals surface area contributed by atoms with Crippen LogP contribution in [0.2, 0.25) is 0 Å². The van der Waals surface area contributed by atoms with Gasteiger partial charge in [0.05, 0.1) is 0 Å². The normalized spacial score (nSPS) is 12.1. The molecule has 0 aliphatic rings. The van der Waals surface area contributed by atoms with Gasteiger partial charge < -0.3 is 16.0 Å². The summed E-state index contributed by atoms with van der Waals surface area (Å²) in [5.41, 5.74) is 6.26. The Balaban J connectivity index is 3.66. The number of rotatable bonds is 4. The molecule has 3 nitrogen and oxygen atoms in total. The quantitative estimate of drug-likeness (QED) is 0.558. The van der Waals surface area contributed by atoms with E-state index in [-0.39, 0.29) is 0 Å². The van der Waals surface area contributed by atoms with Crippen LogP contribution in [-0.4, -0.2) is 31.3 Å². The van der Waals surface area contributed by atoms with Gasteiger partial charge in [0.15, 0.2) is 0 Å². The van der Waals surface area contributed by atoms with Gasteiger partial charge in [-0.15, -0.1) is 0 Å². The van der Waals surface area contributed by atoms with Crippen molar-refractivity contribution >= 4 is 6.21 Å². The molecular formula is C7H15N3. The van der Waals surface area contributed by atoms with E-state index in [1.54, 1.807) is 6.08 Å². The van der Waals surface area contributed by atoms with E-state index in [0.29, 0.717) is 0 Å². The molecule has 3 N–H and O–H groups in total. The van der Waals surface area contributed by atoms with Crippen molar-refractivity contribution in [2.45, 2.75) is 6.92 Å². The zero-order valence-electron chi connectivity index (χ0n) is 6.59. The van der Waals surface area contributed by atoms with Gasteiger partial charge in [-0.3, -0.25) is 0 Å². The number of nitrogens with one attached hydrogen (secondary N) is 1. The van der Waals surface area contributed by atoms with Crippen molar-refractivity contribution in [1.82, 2.24) is 4.90 Å². The molecule has 0 aliphatic heterocycles. The van der Waals surface area contributed by atoms with Crippen LogP contribution in [0.1, 0.15) is 6.92 Å². The summed E-state index contributed by atoms with van der Waals surface area (Å²) < 4.78 is 0. The Bertz CT molecular complexity index is 129. The van der Waals surface area contributed by atoms with Gasteiger partial charge in [0.25, 0.3) is 0 Å². The molecule has 0 unspecified atom stereocenters. The molecule has 0 rings (SSSR count). The first kappa shape index (κ1) is 9.17. The largest absolute Gasteiger partial charge is 0.401 e. The van der Waals surface area contributed by atoms with Crippen molar-refractivity contribution < 1.29 is 0 Å². The number of allylic oxidation sites excluding steroid dienone is 1. The molecule has 0 radical (unpaired) electrons. The Morgan fingerprint density at radius 1 is 1.70 bits per heavy atom. The molecule has 0 atom stereocenters. The standard InChI is InChI=1S/C7H15N3/c1-3-10(2)6-7(9)4-5-8/h4-5,8H,3,6,9H2,1-2H3/b7-4-,8-5?. The topological polar surface area (TPSA) is 53.1 Å². The fourth-order valence-electron chi connectivity index (χ4n) is 0.583. The van der Waals surface area contributed by atoms with E-state index in [1.165, 1.54) is 6.21 Å². The number of hydrogen-bond donors (Lipinski definition) is 2. The average Bonchev–Trinajstić information content (AvgIpc) is 1.88. The second-order valence-electron chi connectivity index (χ2n) is 2.24. The minimum absolute atomic E-state index is 0.736. The summed E-state index contributed by atoms with van der Waals surface area (Å²) in [6.45, 7) is 3.79. The molecule has 0 aromatic rings. The predicted octanol–water partition coefficient (Wildman–Crippen LogP) is 0.430. The van der Waals surface area contributed by atoms with E-state index in [1.807, 2.05) is 7.05 Å². The number of nitrogens with two attached hydrogens (primary N) is 1. The average molecular weight is 141 g/mol. The van der Waals surface area contributed by atoms with Crippen LogP contribution in [0.25, 0.3) is 0 Å². The summed E-state index contributed by atoms with van der Waals surface area (Å²) in [7, 11) is 1.99. The first-order valence-corrected chi connectivity index (χ1v) is 3.34. The van der Waals surface area contributed by atoms with Gasteiger partial charge in [-0.2, -0.15) is 0 Å². The highest BCUT2D eigenvalue weighted by molar-refractivity contribution is 5.68.